The Morgan fingerprint density at radius 3 is 2.70 bits per heavy atom. The van der Waals surface area contributed by atoms with E-state index in [2.05, 4.69) is 20.4 Å². The minimum absolute atomic E-state index is 0.0379. The van der Waals surface area contributed by atoms with Crippen LogP contribution < -0.4 is 15.0 Å². The van der Waals surface area contributed by atoms with E-state index in [4.69, 9.17) is 14.2 Å². The SMILES string of the molecule is CCOc1ccc(CNC(=O)CCc2nc(N3CCCC3)c3c(C)noc3n2)cc1. The van der Waals surface area contributed by atoms with Crippen LogP contribution in [0.5, 0.6) is 5.75 Å². The number of nitrogens with zero attached hydrogens (tertiary/aromatic N) is 4. The molecule has 0 aliphatic carbocycles. The number of rotatable bonds is 8. The van der Waals surface area contributed by atoms with Crippen molar-refractivity contribution in [2.24, 2.45) is 0 Å². The van der Waals surface area contributed by atoms with Crippen LogP contribution in [-0.2, 0) is 17.8 Å². The third-order valence-electron chi connectivity index (χ3n) is 5.24. The summed E-state index contributed by atoms with van der Waals surface area (Å²) < 4.78 is 10.8. The van der Waals surface area contributed by atoms with Gasteiger partial charge < -0.3 is 19.5 Å². The van der Waals surface area contributed by atoms with Gasteiger partial charge in [-0.25, -0.2) is 4.98 Å². The first-order valence-electron chi connectivity index (χ1n) is 10.5. The number of amides is 1. The Morgan fingerprint density at radius 2 is 1.97 bits per heavy atom. The molecule has 1 N–H and O–H groups in total. The van der Waals surface area contributed by atoms with Crippen molar-refractivity contribution < 1.29 is 14.1 Å². The number of aromatic nitrogens is 3. The summed E-state index contributed by atoms with van der Waals surface area (Å²) in [4.78, 5) is 23.8. The minimum atomic E-state index is -0.0379. The van der Waals surface area contributed by atoms with E-state index < -0.39 is 0 Å². The van der Waals surface area contributed by atoms with E-state index in [0.717, 1.165) is 54.1 Å². The fourth-order valence-corrected chi connectivity index (χ4v) is 3.67. The maximum atomic E-state index is 12.3. The maximum Gasteiger partial charge on any atom is 0.263 e. The van der Waals surface area contributed by atoms with Crippen molar-refractivity contribution in [1.29, 1.82) is 0 Å². The van der Waals surface area contributed by atoms with E-state index in [0.29, 0.717) is 37.5 Å². The smallest absolute Gasteiger partial charge is 0.263 e. The van der Waals surface area contributed by atoms with E-state index in [9.17, 15) is 4.79 Å². The normalized spacial score (nSPS) is 13.7. The summed E-state index contributed by atoms with van der Waals surface area (Å²) in [6.45, 7) is 6.91. The molecule has 1 aliphatic rings. The molecule has 0 saturated carbocycles. The van der Waals surface area contributed by atoms with Gasteiger partial charge in [-0.2, -0.15) is 4.98 Å². The van der Waals surface area contributed by atoms with E-state index in [1.807, 2.05) is 38.1 Å². The van der Waals surface area contributed by atoms with Crippen molar-refractivity contribution in [2.45, 2.75) is 46.1 Å². The van der Waals surface area contributed by atoms with Gasteiger partial charge in [0.1, 0.15) is 22.8 Å². The molecular formula is C22H27N5O3. The van der Waals surface area contributed by atoms with Gasteiger partial charge in [-0.15, -0.1) is 0 Å². The van der Waals surface area contributed by atoms with Gasteiger partial charge in [0.2, 0.25) is 5.91 Å². The third-order valence-corrected chi connectivity index (χ3v) is 5.24. The molecular weight excluding hydrogens is 382 g/mol. The summed E-state index contributed by atoms with van der Waals surface area (Å²) in [7, 11) is 0. The maximum absolute atomic E-state index is 12.3. The number of ether oxygens (including phenoxy) is 1. The average molecular weight is 409 g/mol. The lowest BCUT2D eigenvalue weighted by atomic mass is 10.2. The largest absolute Gasteiger partial charge is 0.494 e. The van der Waals surface area contributed by atoms with Crippen molar-refractivity contribution >= 4 is 22.8 Å². The van der Waals surface area contributed by atoms with Crippen LogP contribution in [-0.4, -0.2) is 40.7 Å². The second kappa shape index (κ2) is 9.11. The molecule has 3 heterocycles. The van der Waals surface area contributed by atoms with Gasteiger partial charge in [0.05, 0.1) is 12.3 Å². The monoisotopic (exact) mass is 409 g/mol. The van der Waals surface area contributed by atoms with Gasteiger partial charge in [0, 0.05) is 32.5 Å². The summed E-state index contributed by atoms with van der Waals surface area (Å²) in [6, 6.07) is 7.73. The number of carbonyl (C=O) groups excluding carboxylic acids is 1. The quantitative estimate of drug-likeness (QED) is 0.611. The summed E-state index contributed by atoms with van der Waals surface area (Å²) in [5.74, 6) is 2.28. The zero-order chi connectivity index (χ0) is 20.9. The highest BCUT2D eigenvalue weighted by Gasteiger charge is 2.22. The molecule has 0 atom stereocenters. The van der Waals surface area contributed by atoms with Gasteiger partial charge in [-0.3, -0.25) is 4.79 Å². The van der Waals surface area contributed by atoms with E-state index in [-0.39, 0.29) is 5.91 Å². The first kappa shape index (κ1) is 20.1. The van der Waals surface area contributed by atoms with Crippen LogP contribution in [0.2, 0.25) is 0 Å². The lowest BCUT2D eigenvalue weighted by Gasteiger charge is -2.17. The fraction of sp³-hybridized carbons (Fsp3) is 0.455. The van der Waals surface area contributed by atoms with E-state index >= 15 is 0 Å². The first-order valence-corrected chi connectivity index (χ1v) is 10.5. The van der Waals surface area contributed by atoms with Crippen LogP contribution in [0.4, 0.5) is 5.82 Å². The van der Waals surface area contributed by atoms with Gasteiger partial charge in [0.25, 0.3) is 5.71 Å². The van der Waals surface area contributed by atoms with Crippen molar-refractivity contribution in [3.63, 3.8) is 0 Å². The van der Waals surface area contributed by atoms with Crippen LogP contribution in [0.25, 0.3) is 11.1 Å². The van der Waals surface area contributed by atoms with Gasteiger partial charge in [0.15, 0.2) is 0 Å². The van der Waals surface area contributed by atoms with E-state index in [1.54, 1.807) is 0 Å². The second-order valence-corrected chi connectivity index (χ2v) is 7.46. The highest BCUT2D eigenvalue weighted by Crippen LogP contribution is 2.29. The molecule has 2 aromatic heterocycles. The molecule has 0 unspecified atom stereocenters. The number of carbonyl (C=O) groups is 1. The topological polar surface area (TPSA) is 93.4 Å². The molecule has 0 bridgehead atoms. The predicted octanol–water partition coefficient (Wildman–Crippen LogP) is 3.17. The molecule has 4 rings (SSSR count). The molecule has 30 heavy (non-hydrogen) atoms. The predicted molar refractivity (Wildman–Crippen MR) is 114 cm³/mol. The first-order chi connectivity index (χ1) is 14.6. The molecule has 8 nitrogen and oxygen atoms in total. The molecule has 1 aliphatic heterocycles. The Bertz CT molecular complexity index is 1010. The molecule has 158 valence electrons. The number of hydrogen-bond donors (Lipinski definition) is 1. The number of anilines is 1. The Labute approximate surface area is 175 Å². The van der Waals surface area contributed by atoms with Crippen molar-refractivity contribution in [3.8, 4) is 5.75 Å². The Kier molecular flexibility index (Phi) is 6.11. The number of aryl methyl sites for hydroxylation is 2. The summed E-state index contributed by atoms with van der Waals surface area (Å²) >= 11 is 0. The molecule has 0 radical (unpaired) electrons. The van der Waals surface area contributed by atoms with Crippen LogP contribution in [0.3, 0.4) is 0 Å². The van der Waals surface area contributed by atoms with Crippen LogP contribution in [0, 0.1) is 6.92 Å². The highest BCUT2D eigenvalue weighted by molar-refractivity contribution is 5.88. The minimum Gasteiger partial charge on any atom is -0.494 e. The highest BCUT2D eigenvalue weighted by atomic mass is 16.5. The molecule has 1 aromatic carbocycles. The van der Waals surface area contributed by atoms with Crippen LogP contribution in [0.1, 0.15) is 43.3 Å². The zero-order valence-electron chi connectivity index (χ0n) is 17.5. The average Bonchev–Trinajstić information content (AvgIpc) is 3.42. The molecule has 0 spiro atoms. The van der Waals surface area contributed by atoms with Crippen molar-refractivity contribution in [1.82, 2.24) is 20.4 Å². The Balaban J connectivity index is 1.37. The van der Waals surface area contributed by atoms with Crippen LogP contribution >= 0.6 is 0 Å². The number of hydrogen-bond acceptors (Lipinski definition) is 7. The van der Waals surface area contributed by atoms with Crippen molar-refractivity contribution in [3.05, 3.63) is 41.3 Å². The summed E-state index contributed by atoms with van der Waals surface area (Å²) in [5.41, 5.74) is 2.32. The summed E-state index contributed by atoms with van der Waals surface area (Å²) in [5, 5.41) is 7.88. The lowest BCUT2D eigenvalue weighted by molar-refractivity contribution is -0.121. The second-order valence-electron chi connectivity index (χ2n) is 7.46. The number of fused-ring (bicyclic) bond motifs is 1. The van der Waals surface area contributed by atoms with Crippen LogP contribution in [0.15, 0.2) is 28.8 Å². The Morgan fingerprint density at radius 1 is 1.20 bits per heavy atom. The molecule has 3 aromatic rings. The van der Waals surface area contributed by atoms with Crippen molar-refractivity contribution in [2.75, 3.05) is 24.6 Å². The van der Waals surface area contributed by atoms with E-state index in [1.165, 1.54) is 0 Å². The molecule has 1 saturated heterocycles. The van der Waals surface area contributed by atoms with Gasteiger partial charge in [-0.05, 0) is 44.4 Å². The fourth-order valence-electron chi connectivity index (χ4n) is 3.67. The molecule has 1 fully saturated rings. The third kappa shape index (κ3) is 4.53. The Hall–Kier alpha value is -3.16. The zero-order valence-corrected chi connectivity index (χ0v) is 17.5. The lowest BCUT2D eigenvalue weighted by Crippen LogP contribution is -2.24. The van der Waals surface area contributed by atoms with Gasteiger partial charge in [-0.1, -0.05) is 17.3 Å². The molecule has 1 amide bonds. The molecule has 8 heteroatoms. The van der Waals surface area contributed by atoms with Gasteiger partial charge >= 0.3 is 0 Å². The number of benzene rings is 1. The number of nitrogens with one attached hydrogen (secondary N) is 1. The summed E-state index contributed by atoms with van der Waals surface area (Å²) in [6.07, 6.45) is 3.07. The standard InChI is InChI=1S/C22H27N5O3/c1-3-29-17-8-6-16(7-9-17)14-23-19(28)11-10-18-24-21(27-12-4-5-13-27)20-15(2)26-30-22(20)25-18/h6-9H,3-5,10-14H2,1-2H3,(H,23,28).